The average Bonchev–Trinajstić information content (AvgIpc) is 3.18. The van der Waals surface area contributed by atoms with E-state index in [0.29, 0.717) is 5.57 Å². The fourth-order valence-corrected chi connectivity index (χ4v) is 3.70. The second-order valence-electron chi connectivity index (χ2n) is 5.12. The lowest BCUT2D eigenvalue weighted by molar-refractivity contribution is -0.141. The Kier molecular flexibility index (Phi) is 3.09. The molecule has 0 spiro atoms. The van der Waals surface area contributed by atoms with Crippen LogP contribution in [0.4, 0.5) is 0 Å². The maximum atomic E-state index is 12.1. The number of hydrogen-bond acceptors (Lipinski definition) is 4. The monoisotopic (exact) mass is 325 g/mol. The number of imidazole rings is 1. The lowest BCUT2D eigenvalue weighted by atomic mass is 10.0. The molecule has 7 heteroatoms. The molecule has 1 fully saturated rings. The number of carboxylic acids is 1. The van der Waals surface area contributed by atoms with E-state index in [4.69, 9.17) is 5.11 Å². The van der Waals surface area contributed by atoms with E-state index in [0.717, 1.165) is 17.1 Å². The molecule has 0 radical (unpaired) electrons. The number of aliphatic carboxylic acids is 1. The number of H-pyrrole nitrogens is 1. The molecule has 2 aromatic rings. The van der Waals surface area contributed by atoms with E-state index in [1.54, 1.807) is 12.3 Å². The van der Waals surface area contributed by atoms with Gasteiger partial charge in [-0.2, -0.15) is 0 Å². The molecule has 2 aliphatic heterocycles. The third-order valence-corrected chi connectivity index (χ3v) is 4.79. The van der Waals surface area contributed by atoms with Crippen molar-refractivity contribution in [3.8, 4) is 11.4 Å². The van der Waals surface area contributed by atoms with E-state index >= 15 is 0 Å². The number of benzene rings is 1. The van der Waals surface area contributed by atoms with Crippen molar-refractivity contribution < 1.29 is 14.7 Å². The molecule has 1 atom stereocenters. The van der Waals surface area contributed by atoms with E-state index in [1.165, 1.54) is 22.1 Å². The standard InChI is InChI=1S/C16H11N3O3S/c20-14-11(15-19(14)12(8-23-15)16(21)22)6-10-7-17-13(18-10)9-4-2-1-3-5-9/h1-8,15H,(H,17,18)(H,21,22)/b11-6-/t15-/m1/s1. The van der Waals surface area contributed by atoms with Gasteiger partial charge in [-0.1, -0.05) is 30.3 Å². The highest BCUT2D eigenvalue weighted by atomic mass is 32.2. The fraction of sp³-hybridized carbons (Fsp3) is 0.0625. The van der Waals surface area contributed by atoms with Gasteiger partial charge in [-0.15, -0.1) is 11.8 Å². The number of carboxylic acid groups (broad SMARTS) is 1. The minimum Gasteiger partial charge on any atom is -0.477 e. The van der Waals surface area contributed by atoms with Crippen LogP contribution in [-0.2, 0) is 9.59 Å². The predicted octanol–water partition coefficient (Wildman–Crippen LogP) is 2.30. The number of hydrogen-bond donors (Lipinski definition) is 2. The molecule has 4 rings (SSSR count). The maximum Gasteiger partial charge on any atom is 0.353 e. The van der Waals surface area contributed by atoms with E-state index < -0.39 is 5.97 Å². The van der Waals surface area contributed by atoms with E-state index in [9.17, 15) is 9.59 Å². The molecule has 0 aliphatic carbocycles. The first-order chi connectivity index (χ1) is 11.1. The Hall–Kier alpha value is -2.80. The van der Waals surface area contributed by atoms with Gasteiger partial charge in [0.2, 0.25) is 0 Å². The quantitative estimate of drug-likeness (QED) is 0.668. The van der Waals surface area contributed by atoms with Crippen LogP contribution in [0.3, 0.4) is 0 Å². The molecule has 1 aromatic carbocycles. The summed E-state index contributed by atoms with van der Waals surface area (Å²) in [4.78, 5) is 32.0. The number of thioether (sulfide) groups is 1. The zero-order chi connectivity index (χ0) is 16.0. The number of amides is 1. The summed E-state index contributed by atoms with van der Waals surface area (Å²) in [5, 5.41) is 10.3. The second kappa shape index (κ2) is 5.13. The van der Waals surface area contributed by atoms with E-state index in [-0.39, 0.29) is 17.0 Å². The normalized spacial score (nSPS) is 21.1. The zero-order valence-corrected chi connectivity index (χ0v) is 12.6. The number of β-lactam (4-membered cyclic amide) rings is 1. The lowest BCUT2D eigenvalue weighted by Crippen LogP contribution is -2.51. The van der Waals surface area contributed by atoms with Crippen molar-refractivity contribution in [1.29, 1.82) is 0 Å². The molecule has 1 saturated heterocycles. The molecular weight excluding hydrogens is 314 g/mol. The maximum absolute atomic E-state index is 12.1. The van der Waals surface area contributed by atoms with Crippen LogP contribution in [0.15, 0.2) is 53.2 Å². The van der Waals surface area contributed by atoms with Gasteiger partial charge in [0.15, 0.2) is 0 Å². The molecule has 0 bridgehead atoms. The summed E-state index contributed by atoms with van der Waals surface area (Å²) in [6.07, 6.45) is 3.39. The number of rotatable bonds is 3. The summed E-state index contributed by atoms with van der Waals surface area (Å²) < 4.78 is 0. The van der Waals surface area contributed by atoms with Crippen molar-refractivity contribution in [2.24, 2.45) is 0 Å². The third-order valence-electron chi connectivity index (χ3n) is 3.71. The van der Waals surface area contributed by atoms with E-state index in [2.05, 4.69) is 9.97 Å². The smallest absolute Gasteiger partial charge is 0.353 e. The molecule has 2 aliphatic rings. The largest absolute Gasteiger partial charge is 0.477 e. The number of carbonyl (C=O) groups excluding carboxylic acids is 1. The van der Waals surface area contributed by atoms with Crippen molar-refractivity contribution in [2.75, 3.05) is 0 Å². The zero-order valence-electron chi connectivity index (χ0n) is 11.8. The van der Waals surface area contributed by atoms with Gasteiger partial charge in [0.1, 0.15) is 16.9 Å². The molecule has 3 heterocycles. The number of nitrogens with zero attached hydrogens (tertiary/aromatic N) is 2. The number of nitrogens with one attached hydrogen (secondary N) is 1. The topological polar surface area (TPSA) is 86.3 Å². The minimum absolute atomic E-state index is 0.0386. The molecule has 1 aromatic heterocycles. The minimum atomic E-state index is -1.08. The van der Waals surface area contributed by atoms with Gasteiger partial charge in [-0.25, -0.2) is 9.78 Å². The van der Waals surface area contributed by atoms with Gasteiger partial charge < -0.3 is 10.1 Å². The Labute approximate surface area is 135 Å². The summed E-state index contributed by atoms with van der Waals surface area (Å²) in [6, 6.07) is 9.68. The van der Waals surface area contributed by atoms with Gasteiger partial charge in [0.25, 0.3) is 5.91 Å². The highest BCUT2D eigenvalue weighted by Crippen LogP contribution is 2.45. The van der Waals surface area contributed by atoms with Crippen molar-refractivity contribution in [3.05, 3.63) is 58.9 Å². The first kappa shape index (κ1) is 13.8. The van der Waals surface area contributed by atoms with Gasteiger partial charge in [0, 0.05) is 11.0 Å². The summed E-state index contributed by atoms with van der Waals surface area (Å²) in [7, 11) is 0. The van der Waals surface area contributed by atoms with Gasteiger partial charge >= 0.3 is 5.97 Å². The average molecular weight is 325 g/mol. The highest BCUT2D eigenvalue weighted by molar-refractivity contribution is 8.03. The predicted molar refractivity (Wildman–Crippen MR) is 85.9 cm³/mol. The first-order valence-corrected chi connectivity index (χ1v) is 7.84. The van der Waals surface area contributed by atoms with Crippen LogP contribution in [0.25, 0.3) is 17.5 Å². The van der Waals surface area contributed by atoms with Crippen LogP contribution in [0.5, 0.6) is 0 Å². The van der Waals surface area contributed by atoms with Crippen LogP contribution in [0, 0.1) is 0 Å². The summed E-state index contributed by atoms with van der Waals surface area (Å²) in [5.74, 6) is -0.630. The van der Waals surface area contributed by atoms with Crippen molar-refractivity contribution in [1.82, 2.24) is 14.9 Å². The molecule has 0 unspecified atom stereocenters. The molecule has 0 saturated carbocycles. The Morgan fingerprint density at radius 2 is 2.13 bits per heavy atom. The Morgan fingerprint density at radius 3 is 2.87 bits per heavy atom. The SMILES string of the molecule is O=C(O)C1=CS[C@@H]2/C(=C\c3cnc(-c4ccccc4)[nH]3)C(=O)N12. The number of carbonyl (C=O) groups is 2. The lowest BCUT2D eigenvalue weighted by Gasteiger charge is -2.37. The van der Waals surface area contributed by atoms with Crippen LogP contribution < -0.4 is 0 Å². The van der Waals surface area contributed by atoms with Gasteiger partial charge in [-0.05, 0) is 6.08 Å². The third kappa shape index (κ3) is 2.17. The summed E-state index contributed by atoms with van der Waals surface area (Å²) in [6.45, 7) is 0. The van der Waals surface area contributed by atoms with Crippen LogP contribution in [0.1, 0.15) is 5.69 Å². The number of aromatic nitrogens is 2. The van der Waals surface area contributed by atoms with Crippen molar-refractivity contribution >= 4 is 29.7 Å². The summed E-state index contributed by atoms with van der Waals surface area (Å²) >= 11 is 1.32. The summed E-state index contributed by atoms with van der Waals surface area (Å²) in [5.41, 5.74) is 2.29. The molecule has 1 amide bonds. The fourth-order valence-electron chi connectivity index (χ4n) is 2.59. The molecule has 6 nitrogen and oxygen atoms in total. The number of aromatic amines is 1. The van der Waals surface area contributed by atoms with Crippen molar-refractivity contribution in [3.63, 3.8) is 0 Å². The molecule has 23 heavy (non-hydrogen) atoms. The van der Waals surface area contributed by atoms with Crippen LogP contribution in [-0.4, -0.2) is 37.2 Å². The van der Waals surface area contributed by atoms with E-state index in [1.807, 2.05) is 30.3 Å². The number of fused-ring (bicyclic) bond motifs is 1. The van der Waals surface area contributed by atoms with Gasteiger partial charge in [-0.3, -0.25) is 9.69 Å². The van der Waals surface area contributed by atoms with Crippen molar-refractivity contribution in [2.45, 2.75) is 5.37 Å². The highest BCUT2D eigenvalue weighted by Gasteiger charge is 2.49. The Morgan fingerprint density at radius 1 is 1.35 bits per heavy atom. The van der Waals surface area contributed by atoms with Crippen LogP contribution >= 0.6 is 11.8 Å². The molecule has 2 N–H and O–H groups in total. The first-order valence-electron chi connectivity index (χ1n) is 6.89. The second-order valence-corrected chi connectivity index (χ2v) is 6.08. The molecular formula is C16H11N3O3S. The Bertz CT molecular complexity index is 870. The Balaban J connectivity index is 1.58. The van der Waals surface area contributed by atoms with Gasteiger partial charge in [0.05, 0.1) is 17.5 Å². The van der Waals surface area contributed by atoms with Crippen LogP contribution in [0.2, 0.25) is 0 Å². The molecule has 114 valence electrons.